The van der Waals surface area contributed by atoms with Crippen LogP contribution in [-0.4, -0.2) is 21.9 Å². The zero-order valence-electron chi connectivity index (χ0n) is 18.4. The molecule has 0 bridgehead atoms. The van der Waals surface area contributed by atoms with Gasteiger partial charge in [-0.1, -0.05) is 36.4 Å². The van der Waals surface area contributed by atoms with Crippen LogP contribution in [0.2, 0.25) is 0 Å². The molecular formula is C28H19N3O3S. The van der Waals surface area contributed by atoms with E-state index in [4.69, 9.17) is 17.0 Å². The average molecular weight is 478 g/mol. The second-order valence-corrected chi connectivity index (χ2v) is 8.11. The molecule has 35 heavy (non-hydrogen) atoms. The minimum atomic E-state index is -0.533. The summed E-state index contributed by atoms with van der Waals surface area (Å²) in [6.45, 7) is 0. The average Bonchev–Trinajstić information content (AvgIpc) is 2.89. The van der Waals surface area contributed by atoms with Gasteiger partial charge in [0, 0.05) is 12.4 Å². The maximum absolute atomic E-state index is 13.4. The number of rotatable bonds is 5. The van der Waals surface area contributed by atoms with Gasteiger partial charge in [-0.2, -0.15) is 0 Å². The van der Waals surface area contributed by atoms with E-state index >= 15 is 0 Å². The third-order valence-electron chi connectivity index (χ3n) is 5.39. The Labute approximate surface area is 207 Å². The summed E-state index contributed by atoms with van der Waals surface area (Å²) in [7, 11) is 0. The molecule has 0 atom stereocenters. The summed E-state index contributed by atoms with van der Waals surface area (Å²) in [5.41, 5.74) is 3.18. The van der Waals surface area contributed by atoms with E-state index in [2.05, 4.69) is 10.3 Å². The van der Waals surface area contributed by atoms with Gasteiger partial charge >= 0.3 is 0 Å². The zero-order chi connectivity index (χ0) is 24.2. The fraction of sp³-hybridized carbons (Fsp3) is 0. The summed E-state index contributed by atoms with van der Waals surface area (Å²) in [4.78, 5) is 31.4. The van der Waals surface area contributed by atoms with Gasteiger partial charge < -0.3 is 4.74 Å². The second kappa shape index (κ2) is 9.70. The Balaban J connectivity index is 1.41. The van der Waals surface area contributed by atoms with Crippen LogP contribution in [0.25, 0.3) is 17.2 Å². The number of amides is 2. The van der Waals surface area contributed by atoms with Gasteiger partial charge in [-0.15, -0.1) is 0 Å². The highest BCUT2D eigenvalue weighted by molar-refractivity contribution is 7.80. The van der Waals surface area contributed by atoms with Crippen LogP contribution in [0.15, 0.2) is 109 Å². The Morgan fingerprint density at radius 1 is 0.800 bits per heavy atom. The van der Waals surface area contributed by atoms with Crippen molar-refractivity contribution in [2.45, 2.75) is 0 Å². The lowest BCUT2D eigenvalue weighted by Crippen LogP contribution is -2.54. The van der Waals surface area contributed by atoms with Gasteiger partial charge in [-0.3, -0.25) is 24.8 Å². The Morgan fingerprint density at radius 2 is 1.51 bits per heavy atom. The number of pyridine rings is 1. The molecule has 2 heterocycles. The van der Waals surface area contributed by atoms with Crippen molar-refractivity contribution in [3.63, 3.8) is 0 Å². The highest BCUT2D eigenvalue weighted by Gasteiger charge is 2.34. The van der Waals surface area contributed by atoms with Crippen molar-refractivity contribution in [2.75, 3.05) is 4.90 Å². The number of benzene rings is 3. The van der Waals surface area contributed by atoms with Gasteiger partial charge in [0.1, 0.15) is 17.1 Å². The first kappa shape index (κ1) is 22.2. The predicted molar refractivity (Wildman–Crippen MR) is 139 cm³/mol. The normalized spacial score (nSPS) is 14.7. The van der Waals surface area contributed by atoms with E-state index in [-0.39, 0.29) is 10.7 Å². The largest absolute Gasteiger partial charge is 0.457 e. The summed E-state index contributed by atoms with van der Waals surface area (Å²) >= 11 is 5.31. The first-order valence-electron chi connectivity index (χ1n) is 10.8. The van der Waals surface area contributed by atoms with Crippen molar-refractivity contribution < 1.29 is 14.3 Å². The number of carbonyl (C=O) groups is 2. The van der Waals surface area contributed by atoms with Gasteiger partial charge in [0.25, 0.3) is 11.8 Å². The molecule has 3 aromatic carbocycles. The molecule has 1 aliphatic rings. The number of nitrogens with one attached hydrogen (secondary N) is 1. The molecule has 170 valence electrons. The van der Waals surface area contributed by atoms with Crippen molar-refractivity contribution in [3.05, 3.63) is 115 Å². The van der Waals surface area contributed by atoms with Crippen molar-refractivity contribution in [1.82, 2.24) is 10.3 Å². The van der Waals surface area contributed by atoms with Gasteiger partial charge in [0.2, 0.25) is 0 Å². The van der Waals surface area contributed by atoms with Crippen LogP contribution in [-0.2, 0) is 9.59 Å². The van der Waals surface area contributed by atoms with Gasteiger partial charge in [-0.05, 0) is 89.6 Å². The van der Waals surface area contributed by atoms with Crippen LogP contribution in [0.5, 0.6) is 11.5 Å². The molecule has 2 amide bonds. The van der Waals surface area contributed by atoms with Crippen molar-refractivity contribution in [1.29, 1.82) is 0 Å². The van der Waals surface area contributed by atoms with E-state index in [1.54, 1.807) is 42.7 Å². The topological polar surface area (TPSA) is 71.5 Å². The molecule has 6 nitrogen and oxygen atoms in total. The van der Waals surface area contributed by atoms with Gasteiger partial charge in [0.05, 0.1) is 5.69 Å². The fourth-order valence-electron chi connectivity index (χ4n) is 3.70. The quantitative estimate of drug-likeness (QED) is 0.238. The molecule has 0 aliphatic carbocycles. The molecule has 1 saturated heterocycles. The molecule has 0 saturated carbocycles. The summed E-state index contributed by atoms with van der Waals surface area (Å²) in [6.07, 6.45) is 5.01. The Morgan fingerprint density at radius 3 is 2.26 bits per heavy atom. The van der Waals surface area contributed by atoms with Crippen LogP contribution in [0.4, 0.5) is 5.69 Å². The predicted octanol–water partition coefficient (Wildman–Crippen LogP) is 5.37. The highest BCUT2D eigenvalue weighted by atomic mass is 32.1. The van der Waals surface area contributed by atoms with Crippen LogP contribution in [0, 0.1) is 0 Å². The number of anilines is 1. The Kier molecular flexibility index (Phi) is 6.15. The molecule has 0 unspecified atom stereocenters. The molecule has 1 N–H and O–H groups in total. The molecule has 0 spiro atoms. The fourth-order valence-corrected chi connectivity index (χ4v) is 3.98. The van der Waals surface area contributed by atoms with Gasteiger partial charge in [-0.25, -0.2) is 0 Å². The van der Waals surface area contributed by atoms with Crippen LogP contribution in [0.1, 0.15) is 5.56 Å². The number of carbonyl (C=O) groups excluding carboxylic acids is 2. The van der Waals surface area contributed by atoms with Crippen LogP contribution >= 0.6 is 12.2 Å². The van der Waals surface area contributed by atoms with Crippen molar-refractivity contribution in [2.24, 2.45) is 0 Å². The monoisotopic (exact) mass is 477 g/mol. The van der Waals surface area contributed by atoms with Crippen molar-refractivity contribution in [3.8, 4) is 22.6 Å². The summed E-state index contributed by atoms with van der Waals surface area (Å²) < 4.78 is 5.82. The maximum atomic E-state index is 13.4. The summed E-state index contributed by atoms with van der Waals surface area (Å²) in [6, 6.07) is 27.7. The molecule has 0 radical (unpaired) electrons. The Hall–Kier alpha value is -4.62. The van der Waals surface area contributed by atoms with E-state index in [1.165, 1.54) is 4.90 Å². The van der Waals surface area contributed by atoms with Gasteiger partial charge in [0.15, 0.2) is 5.11 Å². The summed E-state index contributed by atoms with van der Waals surface area (Å²) in [5, 5.41) is 2.65. The molecular weight excluding hydrogens is 458 g/mol. The third kappa shape index (κ3) is 4.85. The minimum absolute atomic E-state index is 0.00455. The first-order valence-corrected chi connectivity index (χ1v) is 11.2. The zero-order valence-corrected chi connectivity index (χ0v) is 19.2. The number of aromatic nitrogens is 1. The lowest BCUT2D eigenvalue weighted by molar-refractivity contribution is -0.122. The summed E-state index contributed by atoms with van der Waals surface area (Å²) in [5.74, 6) is 0.291. The highest BCUT2D eigenvalue weighted by Crippen LogP contribution is 2.27. The van der Waals surface area contributed by atoms with E-state index in [9.17, 15) is 9.59 Å². The van der Waals surface area contributed by atoms with E-state index < -0.39 is 11.8 Å². The van der Waals surface area contributed by atoms with Crippen molar-refractivity contribution >= 4 is 40.9 Å². The SMILES string of the molecule is O=C1NC(=S)N(c2ccc(Oc3ccccc3)cc2)C(=O)/C1=C/c1cccc(-c2ccncc2)c1. The number of nitrogens with zero attached hydrogens (tertiary/aromatic N) is 2. The second-order valence-electron chi connectivity index (χ2n) is 7.73. The number of para-hydroxylation sites is 1. The molecule has 4 aromatic rings. The molecule has 1 aromatic heterocycles. The van der Waals surface area contributed by atoms with E-state index in [0.29, 0.717) is 17.2 Å². The van der Waals surface area contributed by atoms with E-state index in [1.807, 2.05) is 66.7 Å². The molecule has 1 fully saturated rings. The molecule has 5 rings (SSSR count). The first-order chi connectivity index (χ1) is 17.1. The Bertz CT molecular complexity index is 1440. The number of ether oxygens (including phenoxy) is 1. The maximum Gasteiger partial charge on any atom is 0.270 e. The van der Waals surface area contributed by atoms with Crippen LogP contribution < -0.4 is 15.0 Å². The molecule has 7 heteroatoms. The number of hydrogen-bond acceptors (Lipinski definition) is 5. The minimum Gasteiger partial charge on any atom is -0.457 e. The van der Waals surface area contributed by atoms with Crippen LogP contribution in [0.3, 0.4) is 0 Å². The number of hydrogen-bond donors (Lipinski definition) is 1. The third-order valence-corrected chi connectivity index (χ3v) is 5.67. The smallest absolute Gasteiger partial charge is 0.270 e. The molecule has 1 aliphatic heterocycles. The number of thiocarbonyl (C=S) groups is 1. The van der Waals surface area contributed by atoms with E-state index in [0.717, 1.165) is 16.7 Å². The standard InChI is InChI=1S/C28H19N3O3S/c32-26-25(18-19-5-4-6-21(17-19)20-13-15-29-16-14-20)27(33)31(28(35)30-26)22-9-11-24(12-10-22)34-23-7-2-1-3-8-23/h1-18H,(H,30,32,35)/b25-18+. The lowest BCUT2D eigenvalue weighted by atomic mass is 10.0. The lowest BCUT2D eigenvalue weighted by Gasteiger charge is -2.29.